The molecule has 0 radical (unpaired) electrons. The van der Waals surface area contributed by atoms with Gasteiger partial charge in [-0.1, -0.05) is 6.07 Å². The Morgan fingerprint density at radius 3 is 2.76 bits per heavy atom. The molecule has 1 heterocycles. The van der Waals surface area contributed by atoms with Gasteiger partial charge in [0, 0.05) is 6.54 Å². The lowest BCUT2D eigenvalue weighted by molar-refractivity contribution is 0.159. The van der Waals surface area contributed by atoms with E-state index in [9.17, 15) is 5.11 Å². The molecule has 2 atom stereocenters. The molecule has 0 amide bonds. The van der Waals surface area contributed by atoms with E-state index in [2.05, 4.69) is 28.6 Å². The third-order valence-electron chi connectivity index (χ3n) is 3.07. The summed E-state index contributed by atoms with van der Waals surface area (Å²) in [6.45, 7) is 6.59. The van der Waals surface area contributed by atoms with Crippen molar-refractivity contribution in [3.05, 3.63) is 29.6 Å². The highest BCUT2D eigenvalue weighted by Crippen LogP contribution is 2.22. The molecule has 92 valence electrons. The van der Waals surface area contributed by atoms with Gasteiger partial charge in [0.25, 0.3) is 0 Å². The topological polar surface area (TPSA) is 64.1 Å². The van der Waals surface area contributed by atoms with Crippen LogP contribution in [-0.2, 0) is 6.54 Å². The van der Waals surface area contributed by atoms with Crippen molar-refractivity contribution in [3.63, 3.8) is 0 Å². The van der Waals surface area contributed by atoms with E-state index in [1.807, 2.05) is 13.0 Å². The molecular formula is C13H19N3O. The standard InChI is InChI=1S/C13H19N3O/c1-4-16-11-6-5-8(2)7-10(11)15-13(16)12(14)9(3)17/h5-7,9,12,17H,4,14H2,1-3H3. The summed E-state index contributed by atoms with van der Waals surface area (Å²) in [6, 6.07) is 5.72. The van der Waals surface area contributed by atoms with E-state index < -0.39 is 12.1 Å². The van der Waals surface area contributed by atoms with Crippen LogP contribution >= 0.6 is 0 Å². The first-order chi connectivity index (χ1) is 8.04. The molecule has 4 heteroatoms. The van der Waals surface area contributed by atoms with Crippen LogP contribution < -0.4 is 5.73 Å². The fourth-order valence-electron chi connectivity index (χ4n) is 2.06. The normalized spacial score (nSPS) is 15.1. The maximum Gasteiger partial charge on any atom is 0.129 e. The largest absolute Gasteiger partial charge is 0.391 e. The van der Waals surface area contributed by atoms with Crippen molar-refractivity contribution in [1.29, 1.82) is 0 Å². The second-order valence-corrected chi connectivity index (χ2v) is 4.47. The molecule has 17 heavy (non-hydrogen) atoms. The Hall–Kier alpha value is -1.39. The molecule has 0 aliphatic rings. The number of imidazole rings is 1. The molecule has 0 aliphatic heterocycles. The fraction of sp³-hybridized carbons (Fsp3) is 0.462. The molecular weight excluding hydrogens is 214 g/mol. The average Bonchev–Trinajstić information content (AvgIpc) is 2.64. The monoisotopic (exact) mass is 233 g/mol. The first kappa shape index (κ1) is 12.1. The number of hydrogen-bond acceptors (Lipinski definition) is 3. The fourth-order valence-corrected chi connectivity index (χ4v) is 2.06. The van der Waals surface area contributed by atoms with Gasteiger partial charge in [-0.05, 0) is 38.5 Å². The number of nitrogens with zero attached hydrogens (tertiary/aromatic N) is 2. The van der Waals surface area contributed by atoms with Gasteiger partial charge in [0.2, 0.25) is 0 Å². The van der Waals surface area contributed by atoms with Gasteiger partial charge in [0.05, 0.1) is 23.2 Å². The predicted molar refractivity (Wildman–Crippen MR) is 68.8 cm³/mol. The molecule has 0 fully saturated rings. The highest BCUT2D eigenvalue weighted by molar-refractivity contribution is 5.77. The van der Waals surface area contributed by atoms with Crippen molar-refractivity contribution in [2.24, 2.45) is 5.73 Å². The van der Waals surface area contributed by atoms with E-state index in [1.54, 1.807) is 6.92 Å². The number of aliphatic hydroxyl groups excluding tert-OH is 1. The molecule has 4 nitrogen and oxygen atoms in total. The lowest BCUT2D eigenvalue weighted by atomic mass is 10.2. The van der Waals surface area contributed by atoms with Gasteiger partial charge in [0.1, 0.15) is 5.82 Å². The van der Waals surface area contributed by atoms with Crippen LogP contribution in [0, 0.1) is 6.92 Å². The Morgan fingerprint density at radius 2 is 2.18 bits per heavy atom. The highest BCUT2D eigenvalue weighted by atomic mass is 16.3. The number of nitrogens with two attached hydrogens (primary N) is 1. The van der Waals surface area contributed by atoms with Crippen LogP contribution in [0.25, 0.3) is 11.0 Å². The molecule has 2 unspecified atom stereocenters. The summed E-state index contributed by atoms with van der Waals surface area (Å²) in [7, 11) is 0. The number of rotatable bonds is 3. The number of hydrogen-bond donors (Lipinski definition) is 2. The number of aliphatic hydroxyl groups is 1. The second-order valence-electron chi connectivity index (χ2n) is 4.47. The van der Waals surface area contributed by atoms with Crippen LogP contribution in [0.2, 0.25) is 0 Å². The zero-order chi connectivity index (χ0) is 12.6. The first-order valence-electron chi connectivity index (χ1n) is 5.95. The van der Waals surface area contributed by atoms with Crippen molar-refractivity contribution in [2.45, 2.75) is 39.5 Å². The first-order valence-corrected chi connectivity index (χ1v) is 5.95. The highest BCUT2D eigenvalue weighted by Gasteiger charge is 2.19. The number of aromatic nitrogens is 2. The maximum absolute atomic E-state index is 9.60. The summed E-state index contributed by atoms with van der Waals surface area (Å²) in [5.74, 6) is 0.753. The average molecular weight is 233 g/mol. The lowest BCUT2D eigenvalue weighted by Gasteiger charge is -2.15. The minimum Gasteiger partial charge on any atom is -0.391 e. The summed E-state index contributed by atoms with van der Waals surface area (Å²) in [6.07, 6.45) is -0.599. The SMILES string of the molecule is CCn1c(C(N)C(C)O)nc2cc(C)ccc21. The molecule has 2 aromatic rings. The van der Waals surface area contributed by atoms with Gasteiger partial charge in [-0.3, -0.25) is 0 Å². The van der Waals surface area contributed by atoms with Gasteiger partial charge < -0.3 is 15.4 Å². The van der Waals surface area contributed by atoms with Crippen LogP contribution in [0.3, 0.4) is 0 Å². The molecule has 0 bridgehead atoms. The summed E-state index contributed by atoms with van der Waals surface area (Å²) in [5.41, 5.74) is 9.17. The molecule has 3 N–H and O–H groups in total. The van der Waals surface area contributed by atoms with Crippen molar-refractivity contribution in [1.82, 2.24) is 9.55 Å². The molecule has 0 saturated heterocycles. The molecule has 0 saturated carbocycles. The van der Waals surface area contributed by atoms with Crippen LogP contribution in [0.1, 0.15) is 31.3 Å². The van der Waals surface area contributed by atoms with E-state index in [0.717, 1.165) is 23.4 Å². The smallest absolute Gasteiger partial charge is 0.129 e. The number of fused-ring (bicyclic) bond motifs is 1. The van der Waals surface area contributed by atoms with E-state index in [4.69, 9.17) is 5.73 Å². The number of aryl methyl sites for hydroxylation is 2. The van der Waals surface area contributed by atoms with E-state index in [-0.39, 0.29) is 0 Å². The summed E-state index contributed by atoms with van der Waals surface area (Å²) >= 11 is 0. The summed E-state index contributed by atoms with van der Waals surface area (Å²) < 4.78 is 2.06. The van der Waals surface area contributed by atoms with Crippen LogP contribution in [-0.4, -0.2) is 20.8 Å². The Balaban J connectivity index is 2.63. The van der Waals surface area contributed by atoms with Crippen molar-refractivity contribution >= 4 is 11.0 Å². The van der Waals surface area contributed by atoms with Crippen molar-refractivity contribution in [3.8, 4) is 0 Å². The molecule has 2 rings (SSSR count). The Kier molecular flexibility index (Phi) is 3.17. The van der Waals surface area contributed by atoms with Crippen LogP contribution in [0.4, 0.5) is 0 Å². The third kappa shape index (κ3) is 2.06. The van der Waals surface area contributed by atoms with E-state index in [0.29, 0.717) is 0 Å². The van der Waals surface area contributed by atoms with Crippen molar-refractivity contribution in [2.75, 3.05) is 0 Å². The molecule has 0 spiro atoms. The van der Waals surface area contributed by atoms with Crippen molar-refractivity contribution < 1.29 is 5.11 Å². The Labute approximate surface area is 101 Å². The molecule has 1 aromatic heterocycles. The van der Waals surface area contributed by atoms with Gasteiger partial charge in [-0.2, -0.15) is 0 Å². The zero-order valence-corrected chi connectivity index (χ0v) is 10.5. The zero-order valence-electron chi connectivity index (χ0n) is 10.5. The quantitative estimate of drug-likeness (QED) is 0.848. The van der Waals surface area contributed by atoms with Gasteiger partial charge >= 0.3 is 0 Å². The minimum absolute atomic E-state index is 0.442. The Bertz CT molecular complexity index is 531. The lowest BCUT2D eigenvalue weighted by Crippen LogP contribution is -2.26. The third-order valence-corrected chi connectivity index (χ3v) is 3.07. The second kappa shape index (κ2) is 4.47. The predicted octanol–water partition coefficient (Wildman–Crippen LogP) is 1.75. The molecule has 0 aliphatic carbocycles. The maximum atomic E-state index is 9.60. The van der Waals surface area contributed by atoms with Crippen LogP contribution in [0.5, 0.6) is 0 Å². The van der Waals surface area contributed by atoms with E-state index >= 15 is 0 Å². The van der Waals surface area contributed by atoms with Gasteiger partial charge in [0.15, 0.2) is 0 Å². The summed E-state index contributed by atoms with van der Waals surface area (Å²) in [4.78, 5) is 4.54. The summed E-state index contributed by atoms with van der Waals surface area (Å²) in [5, 5.41) is 9.60. The van der Waals surface area contributed by atoms with E-state index in [1.165, 1.54) is 5.56 Å². The minimum atomic E-state index is -0.599. The Morgan fingerprint density at radius 1 is 1.47 bits per heavy atom. The van der Waals surface area contributed by atoms with Crippen LogP contribution in [0.15, 0.2) is 18.2 Å². The van der Waals surface area contributed by atoms with Gasteiger partial charge in [-0.25, -0.2) is 4.98 Å². The van der Waals surface area contributed by atoms with Gasteiger partial charge in [-0.15, -0.1) is 0 Å². The molecule has 1 aromatic carbocycles. The number of benzene rings is 1.